The van der Waals surface area contributed by atoms with Crippen LogP contribution >= 0.6 is 0 Å². The number of nitrogens with two attached hydrogens (primary N) is 1. The number of pyridine rings is 1. The number of aromatic nitrogens is 1. The van der Waals surface area contributed by atoms with Gasteiger partial charge in [-0.15, -0.1) is 0 Å². The van der Waals surface area contributed by atoms with Gasteiger partial charge in [0.05, 0.1) is 18.2 Å². The van der Waals surface area contributed by atoms with Gasteiger partial charge in [0, 0.05) is 18.8 Å². The summed E-state index contributed by atoms with van der Waals surface area (Å²) in [6.45, 7) is 2.26. The molecule has 28 heavy (non-hydrogen) atoms. The first-order valence-electron chi connectivity index (χ1n) is 11.3. The van der Waals surface area contributed by atoms with E-state index in [-0.39, 0.29) is 0 Å². The maximum Gasteiger partial charge on any atom is 0.0897 e. The topological polar surface area (TPSA) is 79.4 Å². The van der Waals surface area contributed by atoms with E-state index in [0.29, 0.717) is 6.42 Å². The van der Waals surface area contributed by atoms with E-state index in [1.165, 1.54) is 64.2 Å². The van der Waals surface area contributed by atoms with Gasteiger partial charge in [0.25, 0.3) is 0 Å². The molecule has 1 unspecified atom stereocenters. The third kappa shape index (κ3) is 12.3. The summed E-state index contributed by atoms with van der Waals surface area (Å²) in [4.78, 5) is 4.03. The molecule has 1 heterocycles. The zero-order valence-electron chi connectivity index (χ0n) is 17.8. The van der Waals surface area contributed by atoms with Crippen LogP contribution in [0.2, 0.25) is 0 Å². The van der Waals surface area contributed by atoms with Gasteiger partial charge < -0.3 is 15.9 Å². The molecule has 3 atom stereocenters. The highest BCUT2D eigenvalue weighted by molar-refractivity contribution is 5.11. The third-order valence-electron chi connectivity index (χ3n) is 5.31. The zero-order valence-corrected chi connectivity index (χ0v) is 17.8. The van der Waals surface area contributed by atoms with E-state index in [4.69, 9.17) is 5.73 Å². The average molecular weight is 391 g/mol. The number of allylic oxidation sites excluding steroid dienone is 1. The Labute approximate surface area is 172 Å². The van der Waals surface area contributed by atoms with E-state index in [1.807, 2.05) is 18.2 Å². The molecule has 0 aliphatic heterocycles. The molecule has 1 aromatic rings. The van der Waals surface area contributed by atoms with Crippen molar-refractivity contribution < 1.29 is 10.2 Å². The summed E-state index contributed by atoms with van der Waals surface area (Å²) in [5.41, 5.74) is 6.90. The highest BCUT2D eigenvalue weighted by Crippen LogP contribution is 2.12. The van der Waals surface area contributed by atoms with E-state index in [1.54, 1.807) is 18.5 Å². The van der Waals surface area contributed by atoms with Gasteiger partial charge in [-0.3, -0.25) is 4.98 Å². The lowest BCUT2D eigenvalue weighted by Gasteiger charge is -2.22. The maximum atomic E-state index is 10.2. The highest BCUT2D eigenvalue weighted by Gasteiger charge is 2.21. The summed E-state index contributed by atoms with van der Waals surface area (Å²) < 4.78 is 0. The molecule has 1 aromatic heterocycles. The molecule has 4 N–H and O–H groups in total. The number of aliphatic hydroxyl groups excluding tert-OH is 2. The molecule has 0 spiro atoms. The summed E-state index contributed by atoms with van der Waals surface area (Å²) in [5, 5.41) is 20.4. The average Bonchev–Trinajstić information content (AvgIpc) is 2.71. The molecule has 0 radical (unpaired) electrons. The molecule has 0 aromatic carbocycles. The van der Waals surface area contributed by atoms with Crippen LogP contribution in [0.5, 0.6) is 0 Å². The Bertz CT molecular complexity index is 493. The minimum atomic E-state index is -0.820. The fourth-order valence-electron chi connectivity index (χ4n) is 3.41. The van der Waals surface area contributed by atoms with Crippen LogP contribution in [0.3, 0.4) is 0 Å². The van der Waals surface area contributed by atoms with E-state index in [9.17, 15) is 10.2 Å². The summed E-state index contributed by atoms with van der Waals surface area (Å²) in [6, 6.07) is 3.04. The SMILES string of the molecule is CCCCCCCCCCCCC/C=C/[C@@H](O)[C@@H](N)C(O)Cc1cccnc1. The predicted molar refractivity (Wildman–Crippen MR) is 118 cm³/mol. The first-order chi connectivity index (χ1) is 13.6. The van der Waals surface area contributed by atoms with Crippen molar-refractivity contribution in [2.75, 3.05) is 0 Å². The van der Waals surface area contributed by atoms with Gasteiger partial charge in [0.2, 0.25) is 0 Å². The van der Waals surface area contributed by atoms with Crippen molar-refractivity contribution >= 4 is 0 Å². The Hall–Kier alpha value is -1.23. The Balaban J connectivity index is 2.02. The Morgan fingerprint density at radius 1 is 0.964 bits per heavy atom. The number of rotatable bonds is 17. The van der Waals surface area contributed by atoms with Gasteiger partial charge in [-0.2, -0.15) is 0 Å². The van der Waals surface area contributed by atoms with Gasteiger partial charge in [-0.05, 0) is 24.5 Å². The first kappa shape index (κ1) is 24.8. The molecule has 4 heteroatoms. The third-order valence-corrected chi connectivity index (χ3v) is 5.31. The molecule has 0 saturated heterocycles. The zero-order chi connectivity index (χ0) is 20.5. The van der Waals surface area contributed by atoms with Crippen LogP contribution < -0.4 is 5.73 Å². The lowest BCUT2D eigenvalue weighted by molar-refractivity contribution is 0.0787. The van der Waals surface area contributed by atoms with Crippen molar-refractivity contribution in [3.63, 3.8) is 0 Å². The van der Waals surface area contributed by atoms with Crippen LogP contribution in [0.25, 0.3) is 0 Å². The first-order valence-corrected chi connectivity index (χ1v) is 11.3. The van der Waals surface area contributed by atoms with Crippen molar-refractivity contribution in [1.29, 1.82) is 0 Å². The van der Waals surface area contributed by atoms with Gasteiger partial charge in [0.1, 0.15) is 0 Å². The molecule has 0 bridgehead atoms. The van der Waals surface area contributed by atoms with Crippen molar-refractivity contribution in [2.45, 2.75) is 109 Å². The van der Waals surface area contributed by atoms with Crippen LogP contribution in [0.1, 0.15) is 89.5 Å². The van der Waals surface area contributed by atoms with Crippen LogP contribution in [-0.2, 0) is 6.42 Å². The second-order valence-corrected chi connectivity index (χ2v) is 7.95. The van der Waals surface area contributed by atoms with Crippen molar-refractivity contribution in [2.24, 2.45) is 5.73 Å². The van der Waals surface area contributed by atoms with Crippen LogP contribution in [-0.4, -0.2) is 33.4 Å². The smallest absolute Gasteiger partial charge is 0.0897 e. The highest BCUT2D eigenvalue weighted by atomic mass is 16.3. The number of hydrogen-bond acceptors (Lipinski definition) is 4. The van der Waals surface area contributed by atoms with Crippen LogP contribution in [0, 0.1) is 0 Å². The van der Waals surface area contributed by atoms with E-state index in [0.717, 1.165) is 18.4 Å². The Kier molecular flexibility index (Phi) is 14.8. The monoisotopic (exact) mass is 390 g/mol. The molecular weight excluding hydrogens is 348 g/mol. The minimum absolute atomic E-state index is 0.401. The van der Waals surface area contributed by atoms with E-state index in [2.05, 4.69) is 11.9 Å². The summed E-state index contributed by atoms with van der Waals surface area (Å²) in [5.74, 6) is 0. The fraction of sp³-hybridized carbons (Fsp3) is 0.708. The van der Waals surface area contributed by atoms with E-state index >= 15 is 0 Å². The van der Waals surface area contributed by atoms with Gasteiger partial charge in [0.15, 0.2) is 0 Å². The fourth-order valence-corrected chi connectivity index (χ4v) is 3.41. The van der Waals surface area contributed by atoms with E-state index < -0.39 is 18.2 Å². The molecule has 1 rings (SSSR count). The molecule has 0 aliphatic carbocycles. The number of aliphatic hydroxyl groups is 2. The van der Waals surface area contributed by atoms with Gasteiger partial charge >= 0.3 is 0 Å². The summed E-state index contributed by atoms with van der Waals surface area (Å²) in [6.07, 6.45) is 21.6. The number of unbranched alkanes of at least 4 members (excludes halogenated alkanes) is 11. The van der Waals surface area contributed by atoms with Crippen molar-refractivity contribution in [1.82, 2.24) is 4.98 Å². The van der Waals surface area contributed by atoms with Gasteiger partial charge in [-0.25, -0.2) is 0 Å². The molecule has 0 aliphatic rings. The number of hydrogen-bond donors (Lipinski definition) is 3. The largest absolute Gasteiger partial charge is 0.391 e. The predicted octanol–water partition coefficient (Wildman–Crippen LogP) is 4.93. The number of nitrogens with zero attached hydrogens (tertiary/aromatic N) is 1. The second-order valence-electron chi connectivity index (χ2n) is 7.95. The Morgan fingerprint density at radius 3 is 2.14 bits per heavy atom. The lowest BCUT2D eigenvalue weighted by Crippen LogP contribution is -2.44. The molecular formula is C24H42N2O2. The normalized spacial score (nSPS) is 15.0. The van der Waals surface area contributed by atoms with Crippen molar-refractivity contribution in [3.8, 4) is 0 Å². The molecule has 0 fully saturated rings. The van der Waals surface area contributed by atoms with Gasteiger partial charge in [-0.1, -0.05) is 89.4 Å². The van der Waals surface area contributed by atoms with Crippen LogP contribution in [0.4, 0.5) is 0 Å². The minimum Gasteiger partial charge on any atom is -0.391 e. The maximum absolute atomic E-state index is 10.2. The summed E-state index contributed by atoms with van der Waals surface area (Å²) >= 11 is 0. The summed E-state index contributed by atoms with van der Waals surface area (Å²) in [7, 11) is 0. The molecule has 4 nitrogen and oxygen atoms in total. The molecule has 160 valence electrons. The quantitative estimate of drug-likeness (QED) is 0.260. The molecule has 0 saturated carbocycles. The standard InChI is InChI=1S/C24H42N2O2/c1-2-3-4-5-6-7-8-9-10-11-12-13-14-17-22(27)24(25)23(28)19-21-16-15-18-26-20-21/h14-18,20,22-24,27-28H,2-13,19,25H2,1H3/b17-14+/t22-,23?,24-/m1/s1. The second kappa shape index (κ2) is 16.7. The Morgan fingerprint density at radius 2 is 1.57 bits per heavy atom. The van der Waals surface area contributed by atoms with Crippen LogP contribution in [0.15, 0.2) is 36.7 Å². The molecule has 0 amide bonds. The lowest BCUT2D eigenvalue weighted by atomic mass is 9.99. The van der Waals surface area contributed by atoms with Crippen molar-refractivity contribution in [3.05, 3.63) is 42.2 Å².